The summed E-state index contributed by atoms with van der Waals surface area (Å²) in [4.78, 5) is 0. The molecule has 0 heterocycles. The van der Waals surface area contributed by atoms with Crippen molar-refractivity contribution in [2.45, 2.75) is 52.0 Å². The van der Waals surface area contributed by atoms with Gasteiger partial charge in [-0.25, -0.2) is 8.78 Å². The summed E-state index contributed by atoms with van der Waals surface area (Å²) >= 11 is 0. The Hall–Kier alpha value is -0.960. The Morgan fingerprint density at radius 1 is 1.11 bits per heavy atom. The molecule has 1 saturated carbocycles. The van der Waals surface area contributed by atoms with E-state index in [0.717, 1.165) is 18.9 Å². The largest absolute Gasteiger partial charge is 0.312 e. The summed E-state index contributed by atoms with van der Waals surface area (Å²) in [6, 6.07) is 2.62. The van der Waals surface area contributed by atoms with Crippen LogP contribution in [0.1, 0.15) is 56.2 Å². The summed E-state index contributed by atoms with van der Waals surface area (Å²) < 4.78 is 27.5. The van der Waals surface area contributed by atoms with Crippen LogP contribution in [0.4, 0.5) is 8.78 Å². The van der Waals surface area contributed by atoms with Crippen LogP contribution in [0.5, 0.6) is 0 Å². The van der Waals surface area contributed by atoms with Crippen LogP contribution in [0.15, 0.2) is 12.1 Å². The summed E-state index contributed by atoms with van der Waals surface area (Å²) in [7, 11) is 1.86. The smallest absolute Gasteiger partial charge is 0.130 e. The average molecular weight is 267 g/mol. The number of halogens is 2. The van der Waals surface area contributed by atoms with Gasteiger partial charge >= 0.3 is 0 Å². The molecule has 2 rings (SSSR count). The van der Waals surface area contributed by atoms with Crippen LogP contribution in [0.25, 0.3) is 0 Å². The third-order valence-corrected chi connectivity index (χ3v) is 4.57. The van der Waals surface area contributed by atoms with Gasteiger partial charge in [0.2, 0.25) is 0 Å². The quantitative estimate of drug-likeness (QED) is 0.850. The molecule has 0 amide bonds. The minimum Gasteiger partial charge on any atom is -0.312 e. The summed E-state index contributed by atoms with van der Waals surface area (Å²) in [6.07, 6.45) is 5.83. The molecule has 0 aromatic heterocycles. The molecule has 0 spiro atoms. The average Bonchev–Trinajstić information content (AvgIpc) is 2.37. The minimum absolute atomic E-state index is 0.0490. The second-order valence-electron chi connectivity index (χ2n) is 6.06. The third-order valence-electron chi connectivity index (χ3n) is 4.57. The molecular weight excluding hydrogens is 244 g/mol. The van der Waals surface area contributed by atoms with Gasteiger partial charge in [0.05, 0.1) is 0 Å². The van der Waals surface area contributed by atoms with Crippen LogP contribution in [0.3, 0.4) is 0 Å². The van der Waals surface area contributed by atoms with E-state index in [1.807, 2.05) is 7.05 Å². The normalized spacial score (nSPS) is 20.3. The fourth-order valence-electron chi connectivity index (χ4n) is 3.43. The lowest BCUT2D eigenvalue weighted by atomic mass is 9.68. The fraction of sp³-hybridized carbons (Fsp3) is 0.625. The number of rotatable bonds is 3. The van der Waals surface area contributed by atoms with Gasteiger partial charge in [-0.2, -0.15) is 0 Å². The van der Waals surface area contributed by atoms with Crippen LogP contribution in [-0.4, -0.2) is 7.05 Å². The summed E-state index contributed by atoms with van der Waals surface area (Å²) in [5.41, 5.74) is 1.17. The zero-order chi connectivity index (χ0) is 14.0. The topological polar surface area (TPSA) is 12.0 Å². The van der Waals surface area contributed by atoms with Gasteiger partial charge in [0.25, 0.3) is 0 Å². The first-order valence-corrected chi connectivity index (χ1v) is 7.11. The van der Waals surface area contributed by atoms with Crippen molar-refractivity contribution in [2.24, 2.45) is 5.41 Å². The Kier molecular flexibility index (Phi) is 4.24. The second-order valence-corrected chi connectivity index (χ2v) is 6.06. The molecule has 0 saturated heterocycles. The number of hydrogen-bond donors (Lipinski definition) is 1. The molecule has 1 aliphatic rings. The first kappa shape index (κ1) is 14.4. The van der Waals surface area contributed by atoms with Gasteiger partial charge in [-0.3, -0.25) is 0 Å². The maximum Gasteiger partial charge on any atom is 0.130 e. The van der Waals surface area contributed by atoms with Crippen molar-refractivity contribution in [1.29, 1.82) is 0 Å². The lowest BCUT2D eigenvalue weighted by Crippen LogP contribution is -2.36. The Morgan fingerprint density at radius 2 is 1.74 bits per heavy atom. The van der Waals surface area contributed by atoms with Crippen molar-refractivity contribution in [2.75, 3.05) is 7.05 Å². The number of hydrogen-bond acceptors (Lipinski definition) is 1. The molecular formula is C16H23F2N. The highest BCUT2D eigenvalue weighted by Gasteiger charge is 2.37. The van der Waals surface area contributed by atoms with E-state index < -0.39 is 11.6 Å². The van der Waals surface area contributed by atoms with E-state index in [2.05, 4.69) is 12.2 Å². The molecule has 106 valence electrons. The van der Waals surface area contributed by atoms with Crippen molar-refractivity contribution >= 4 is 0 Å². The molecule has 1 aliphatic carbocycles. The van der Waals surface area contributed by atoms with Crippen LogP contribution < -0.4 is 5.32 Å². The second kappa shape index (κ2) is 5.58. The highest BCUT2D eigenvalue weighted by Crippen LogP contribution is 2.46. The minimum atomic E-state index is -0.468. The van der Waals surface area contributed by atoms with Crippen molar-refractivity contribution in [3.63, 3.8) is 0 Å². The molecule has 0 bridgehead atoms. The molecule has 3 heteroatoms. The zero-order valence-corrected chi connectivity index (χ0v) is 12.0. The molecule has 19 heavy (non-hydrogen) atoms. The van der Waals surface area contributed by atoms with E-state index in [4.69, 9.17) is 0 Å². The molecule has 0 radical (unpaired) electrons. The number of nitrogens with one attached hydrogen (secondary N) is 1. The monoisotopic (exact) mass is 267 g/mol. The standard InChI is InChI=1S/C16H23F2N/c1-11-9-12(14(18)10-13(11)17)15(19-3)16(2)7-5-4-6-8-16/h9-10,15,19H,4-8H2,1-3H3. The Labute approximate surface area is 114 Å². The molecule has 1 aromatic rings. The van der Waals surface area contributed by atoms with E-state index in [9.17, 15) is 8.78 Å². The van der Waals surface area contributed by atoms with Crippen molar-refractivity contribution in [3.05, 3.63) is 34.9 Å². The lowest BCUT2D eigenvalue weighted by Gasteiger charge is -2.41. The molecule has 1 aromatic carbocycles. The zero-order valence-electron chi connectivity index (χ0n) is 12.0. The summed E-state index contributed by atoms with van der Waals surface area (Å²) in [5.74, 6) is -0.904. The maximum atomic E-state index is 14.1. The Balaban J connectivity index is 2.39. The van der Waals surface area contributed by atoms with Gasteiger partial charge in [-0.05, 0) is 43.9 Å². The Bertz CT molecular complexity index is 450. The van der Waals surface area contributed by atoms with Crippen molar-refractivity contribution in [3.8, 4) is 0 Å². The van der Waals surface area contributed by atoms with Gasteiger partial charge in [-0.15, -0.1) is 0 Å². The fourth-order valence-corrected chi connectivity index (χ4v) is 3.43. The van der Waals surface area contributed by atoms with E-state index in [1.54, 1.807) is 13.0 Å². The number of aryl methyl sites for hydroxylation is 1. The molecule has 1 nitrogen and oxygen atoms in total. The molecule has 1 unspecified atom stereocenters. The number of benzene rings is 1. The SMILES string of the molecule is CNC(c1cc(C)c(F)cc1F)C1(C)CCCCC1. The van der Waals surface area contributed by atoms with Crippen LogP contribution in [0.2, 0.25) is 0 Å². The van der Waals surface area contributed by atoms with E-state index in [0.29, 0.717) is 11.1 Å². The van der Waals surface area contributed by atoms with Crippen molar-refractivity contribution in [1.82, 2.24) is 5.32 Å². The van der Waals surface area contributed by atoms with E-state index >= 15 is 0 Å². The van der Waals surface area contributed by atoms with Crippen LogP contribution in [-0.2, 0) is 0 Å². The summed E-state index contributed by atoms with van der Waals surface area (Å²) in [5, 5.41) is 3.25. The van der Waals surface area contributed by atoms with Gasteiger partial charge in [0.15, 0.2) is 0 Å². The predicted octanol–water partition coefficient (Wildman–Crippen LogP) is 4.50. The first-order chi connectivity index (χ1) is 8.98. The highest BCUT2D eigenvalue weighted by molar-refractivity contribution is 5.29. The molecule has 1 atom stereocenters. The molecule has 1 fully saturated rings. The van der Waals surface area contributed by atoms with Crippen LogP contribution in [0, 0.1) is 24.0 Å². The Morgan fingerprint density at radius 3 is 2.32 bits per heavy atom. The summed E-state index contributed by atoms with van der Waals surface area (Å²) in [6.45, 7) is 3.90. The molecule has 1 N–H and O–H groups in total. The van der Waals surface area contributed by atoms with Crippen LogP contribution >= 0.6 is 0 Å². The first-order valence-electron chi connectivity index (χ1n) is 7.11. The van der Waals surface area contributed by atoms with Gasteiger partial charge in [0, 0.05) is 17.7 Å². The van der Waals surface area contributed by atoms with Gasteiger partial charge in [0.1, 0.15) is 11.6 Å². The van der Waals surface area contributed by atoms with Gasteiger partial charge in [-0.1, -0.05) is 26.2 Å². The van der Waals surface area contributed by atoms with E-state index in [1.165, 1.54) is 19.3 Å². The van der Waals surface area contributed by atoms with Gasteiger partial charge < -0.3 is 5.32 Å². The highest BCUT2D eigenvalue weighted by atomic mass is 19.1. The lowest BCUT2D eigenvalue weighted by molar-refractivity contribution is 0.147. The van der Waals surface area contributed by atoms with Crippen molar-refractivity contribution < 1.29 is 8.78 Å². The predicted molar refractivity (Wildman–Crippen MR) is 74.1 cm³/mol. The van der Waals surface area contributed by atoms with E-state index in [-0.39, 0.29) is 11.5 Å². The molecule has 0 aliphatic heterocycles. The third kappa shape index (κ3) is 2.81. The maximum absolute atomic E-state index is 14.1.